The summed E-state index contributed by atoms with van der Waals surface area (Å²) in [5.41, 5.74) is 0. The summed E-state index contributed by atoms with van der Waals surface area (Å²) in [4.78, 5) is 0. The minimum Gasteiger partial charge on any atom is -0.388 e. The molecule has 28 heavy (non-hydrogen) atoms. The van der Waals surface area contributed by atoms with Gasteiger partial charge < -0.3 is 64.5 Å². The first-order valence-electron chi connectivity index (χ1n) is 8.81. The van der Waals surface area contributed by atoms with Crippen LogP contribution in [0, 0.1) is 0 Å². The maximum atomic E-state index is 10.3. The molecule has 0 aromatic heterocycles. The predicted octanol–water partition coefficient (Wildman–Crippen LogP) is -5.66. The van der Waals surface area contributed by atoms with E-state index in [0.29, 0.717) is 0 Å². The fourth-order valence-corrected chi connectivity index (χ4v) is 3.15. The van der Waals surface area contributed by atoms with Gasteiger partial charge in [-0.25, -0.2) is 0 Å². The van der Waals surface area contributed by atoms with E-state index >= 15 is 0 Å². The smallest absolute Gasteiger partial charge is 0.186 e. The van der Waals surface area contributed by atoms with E-state index in [0.717, 1.165) is 0 Å². The summed E-state index contributed by atoms with van der Waals surface area (Å²) in [6, 6.07) is 0. The van der Waals surface area contributed by atoms with E-state index in [1.165, 1.54) is 0 Å². The largest absolute Gasteiger partial charge is 0.388 e. The molecule has 0 aromatic rings. The van der Waals surface area contributed by atoms with Crippen LogP contribution in [0.5, 0.6) is 0 Å². The number of rotatable bonds is 4. The average Bonchev–Trinajstić information content (AvgIpc) is 2.68. The highest BCUT2D eigenvalue weighted by Gasteiger charge is 2.47. The minimum absolute atomic E-state index is 0.287. The molecule has 3 rings (SSSR count). The van der Waals surface area contributed by atoms with Gasteiger partial charge in [-0.05, 0) is 0 Å². The highest BCUT2D eigenvalue weighted by molar-refractivity contribution is 4.89. The minimum atomic E-state index is -1.63. The van der Waals surface area contributed by atoms with Crippen molar-refractivity contribution in [1.29, 1.82) is 0 Å². The van der Waals surface area contributed by atoms with E-state index in [9.17, 15) is 40.9 Å². The van der Waals surface area contributed by atoms with Crippen LogP contribution in [-0.2, 0) is 23.7 Å². The highest BCUT2D eigenvalue weighted by Crippen LogP contribution is 2.26. The lowest BCUT2D eigenvalue weighted by atomic mass is 10.0. The zero-order valence-corrected chi connectivity index (χ0v) is 14.7. The van der Waals surface area contributed by atoms with Crippen LogP contribution in [0.4, 0.5) is 0 Å². The third-order valence-corrected chi connectivity index (χ3v) is 4.96. The van der Waals surface area contributed by atoms with Crippen LogP contribution in [0.2, 0.25) is 0 Å². The van der Waals surface area contributed by atoms with Crippen LogP contribution in [0.15, 0.2) is 0 Å². The predicted molar refractivity (Wildman–Crippen MR) is 83.2 cm³/mol. The molecule has 3 saturated heterocycles. The Bertz CT molecular complexity index is 464. The van der Waals surface area contributed by atoms with Crippen LogP contribution in [0.3, 0.4) is 0 Å². The standard InChI is InChI=1S/C15H26O13/c16-4-1-25-14(11(21)7(4)17)28-6-3-26-15(12(22)9(6)19)27-5-2-24-13(23)10(20)8(5)18/h4-23H,1-3H2/t4-,5-,6-,7-,8-,9-,10?,11?,12?,13?,14+,15+/m1/s1. The summed E-state index contributed by atoms with van der Waals surface area (Å²) in [6.45, 7) is -0.887. The second-order valence-corrected chi connectivity index (χ2v) is 6.99. The van der Waals surface area contributed by atoms with Gasteiger partial charge in [-0.1, -0.05) is 0 Å². The lowest BCUT2D eigenvalue weighted by Gasteiger charge is -2.43. The topological polar surface area (TPSA) is 208 Å². The molecule has 3 fully saturated rings. The second-order valence-electron chi connectivity index (χ2n) is 6.99. The Labute approximate surface area is 159 Å². The van der Waals surface area contributed by atoms with Gasteiger partial charge in [0.05, 0.1) is 19.8 Å². The van der Waals surface area contributed by atoms with Crippen molar-refractivity contribution in [3.05, 3.63) is 0 Å². The number of aliphatic hydroxyl groups excluding tert-OH is 8. The maximum absolute atomic E-state index is 10.3. The molecule has 0 radical (unpaired) electrons. The molecule has 0 amide bonds. The lowest BCUT2D eigenvalue weighted by Crippen LogP contribution is -2.61. The van der Waals surface area contributed by atoms with Crippen molar-refractivity contribution >= 4 is 0 Å². The van der Waals surface area contributed by atoms with Gasteiger partial charge in [0, 0.05) is 0 Å². The van der Waals surface area contributed by atoms with Crippen LogP contribution >= 0.6 is 0 Å². The van der Waals surface area contributed by atoms with Crippen LogP contribution in [-0.4, -0.2) is 134 Å². The quantitative estimate of drug-likeness (QED) is 0.216. The molecule has 3 heterocycles. The van der Waals surface area contributed by atoms with Crippen molar-refractivity contribution < 1.29 is 64.5 Å². The molecule has 0 aromatic carbocycles. The molecule has 3 aliphatic rings. The van der Waals surface area contributed by atoms with Gasteiger partial charge in [-0.3, -0.25) is 0 Å². The highest BCUT2D eigenvalue weighted by atomic mass is 16.7. The van der Waals surface area contributed by atoms with Gasteiger partial charge in [0.1, 0.15) is 54.9 Å². The molecular formula is C15H26O13. The Kier molecular flexibility index (Phi) is 7.20. The fraction of sp³-hybridized carbons (Fsp3) is 1.00. The summed E-state index contributed by atoms with van der Waals surface area (Å²) in [5.74, 6) is 0. The van der Waals surface area contributed by atoms with Crippen LogP contribution in [0.25, 0.3) is 0 Å². The van der Waals surface area contributed by atoms with Gasteiger partial charge >= 0.3 is 0 Å². The van der Waals surface area contributed by atoms with Crippen molar-refractivity contribution in [2.75, 3.05) is 19.8 Å². The van der Waals surface area contributed by atoms with Crippen LogP contribution < -0.4 is 0 Å². The SMILES string of the molecule is OC1OC[C@@H](O[C@@H]2OC[C@@H](O[C@@H]3OC[C@@H](O)[C@@H](O)C3O)[C@@H](O)C2O)[C@@H](O)C1O. The molecule has 0 spiro atoms. The van der Waals surface area contributed by atoms with Crippen molar-refractivity contribution in [2.24, 2.45) is 0 Å². The molecule has 3 aliphatic heterocycles. The normalized spacial score (nSPS) is 53.1. The van der Waals surface area contributed by atoms with Crippen molar-refractivity contribution in [2.45, 2.75) is 73.8 Å². The first kappa shape index (κ1) is 22.2. The van der Waals surface area contributed by atoms with E-state index in [1.54, 1.807) is 0 Å². The number of hydrogen-bond donors (Lipinski definition) is 8. The Hall–Kier alpha value is -0.520. The third-order valence-electron chi connectivity index (χ3n) is 4.96. The first-order valence-corrected chi connectivity index (χ1v) is 8.81. The van der Waals surface area contributed by atoms with Crippen molar-refractivity contribution in [3.63, 3.8) is 0 Å². The van der Waals surface area contributed by atoms with Gasteiger partial charge in [0.2, 0.25) is 0 Å². The Balaban J connectivity index is 1.54. The Morgan fingerprint density at radius 2 is 0.964 bits per heavy atom. The Morgan fingerprint density at radius 3 is 1.57 bits per heavy atom. The van der Waals surface area contributed by atoms with E-state index in [4.69, 9.17) is 23.7 Å². The van der Waals surface area contributed by atoms with Gasteiger partial charge in [-0.2, -0.15) is 0 Å². The average molecular weight is 414 g/mol. The lowest BCUT2D eigenvalue weighted by molar-refractivity contribution is -0.346. The molecule has 13 heteroatoms. The molecule has 0 aliphatic carbocycles. The Morgan fingerprint density at radius 1 is 0.500 bits per heavy atom. The summed E-state index contributed by atoms with van der Waals surface area (Å²) in [6.07, 6.45) is -17.3. The van der Waals surface area contributed by atoms with E-state index in [-0.39, 0.29) is 19.8 Å². The molecule has 164 valence electrons. The molecule has 0 bridgehead atoms. The zero-order chi connectivity index (χ0) is 20.6. The molecule has 12 atom stereocenters. The summed E-state index contributed by atoms with van der Waals surface area (Å²) >= 11 is 0. The maximum Gasteiger partial charge on any atom is 0.186 e. The molecule has 8 N–H and O–H groups in total. The van der Waals surface area contributed by atoms with Crippen LogP contribution in [0.1, 0.15) is 0 Å². The zero-order valence-electron chi connectivity index (χ0n) is 14.7. The summed E-state index contributed by atoms with van der Waals surface area (Å²) in [5, 5.41) is 78.3. The number of aliphatic hydroxyl groups is 8. The first-order chi connectivity index (χ1) is 13.2. The molecular weight excluding hydrogens is 388 g/mol. The second kappa shape index (κ2) is 9.09. The van der Waals surface area contributed by atoms with Gasteiger partial charge in [0.25, 0.3) is 0 Å². The summed E-state index contributed by atoms with van der Waals surface area (Å²) < 4.78 is 25.9. The fourth-order valence-electron chi connectivity index (χ4n) is 3.15. The summed E-state index contributed by atoms with van der Waals surface area (Å²) in [7, 11) is 0. The van der Waals surface area contributed by atoms with Gasteiger partial charge in [-0.15, -0.1) is 0 Å². The molecule has 4 unspecified atom stereocenters. The third kappa shape index (κ3) is 4.46. The van der Waals surface area contributed by atoms with E-state index < -0.39 is 73.8 Å². The van der Waals surface area contributed by atoms with Crippen molar-refractivity contribution in [3.8, 4) is 0 Å². The number of ether oxygens (including phenoxy) is 5. The van der Waals surface area contributed by atoms with E-state index in [1.807, 2.05) is 0 Å². The number of hydrogen-bond acceptors (Lipinski definition) is 13. The monoisotopic (exact) mass is 414 g/mol. The van der Waals surface area contributed by atoms with Crippen molar-refractivity contribution in [1.82, 2.24) is 0 Å². The molecule has 13 nitrogen and oxygen atoms in total. The van der Waals surface area contributed by atoms with E-state index in [2.05, 4.69) is 0 Å². The van der Waals surface area contributed by atoms with Gasteiger partial charge in [0.15, 0.2) is 18.9 Å². The molecule has 0 saturated carbocycles.